The lowest BCUT2D eigenvalue weighted by molar-refractivity contribution is -0.119. The molecule has 0 radical (unpaired) electrons. The van der Waals surface area contributed by atoms with Crippen molar-refractivity contribution in [3.63, 3.8) is 0 Å². The molecule has 2 aromatic carbocycles. The minimum absolute atomic E-state index is 0.00426. The highest BCUT2D eigenvalue weighted by Gasteiger charge is 2.40. The van der Waals surface area contributed by atoms with Gasteiger partial charge in [0.25, 0.3) is 0 Å². The highest BCUT2D eigenvalue weighted by molar-refractivity contribution is 6.34. The van der Waals surface area contributed by atoms with Crippen LogP contribution in [0.5, 0.6) is 0 Å². The van der Waals surface area contributed by atoms with Gasteiger partial charge in [-0.2, -0.15) is 0 Å². The van der Waals surface area contributed by atoms with Crippen LogP contribution in [0.15, 0.2) is 65.9 Å². The number of benzene rings is 2. The maximum atomic E-state index is 13.0. The van der Waals surface area contributed by atoms with Crippen molar-refractivity contribution in [1.82, 2.24) is 0 Å². The second-order valence-corrected chi connectivity index (χ2v) is 6.89. The molecule has 0 fully saturated rings. The van der Waals surface area contributed by atoms with E-state index in [2.05, 4.69) is 0 Å². The molecular formula is C21H18ClNO2. The Kier molecular flexibility index (Phi) is 4.18. The van der Waals surface area contributed by atoms with Crippen LogP contribution >= 0.6 is 11.6 Å². The summed E-state index contributed by atoms with van der Waals surface area (Å²) in [5.41, 5.74) is 3.31. The molecule has 1 aliphatic heterocycles. The van der Waals surface area contributed by atoms with Gasteiger partial charge in [-0.05, 0) is 30.5 Å². The zero-order valence-electron chi connectivity index (χ0n) is 13.7. The van der Waals surface area contributed by atoms with E-state index in [1.54, 1.807) is 11.0 Å². The van der Waals surface area contributed by atoms with Crippen LogP contribution in [-0.2, 0) is 9.59 Å². The Morgan fingerprint density at radius 3 is 2.40 bits per heavy atom. The summed E-state index contributed by atoms with van der Waals surface area (Å²) < 4.78 is 0. The van der Waals surface area contributed by atoms with Gasteiger partial charge in [0.1, 0.15) is 0 Å². The minimum Gasteiger partial charge on any atom is -0.294 e. The zero-order chi connectivity index (χ0) is 17.4. The SMILES string of the molecule is O=C1CCCC2=C1C(c1ccccc1)CC(=O)N2c1ccccc1Cl. The number of hydrogen-bond acceptors (Lipinski definition) is 2. The third kappa shape index (κ3) is 2.79. The van der Waals surface area contributed by atoms with Crippen LogP contribution in [0.25, 0.3) is 0 Å². The van der Waals surface area contributed by atoms with E-state index in [1.165, 1.54) is 0 Å². The summed E-state index contributed by atoms with van der Waals surface area (Å²) in [6, 6.07) is 17.2. The zero-order valence-corrected chi connectivity index (χ0v) is 14.5. The lowest BCUT2D eigenvalue weighted by Crippen LogP contribution is -2.40. The Morgan fingerprint density at radius 1 is 0.920 bits per heavy atom. The van der Waals surface area contributed by atoms with E-state index < -0.39 is 0 Å². The van der Waals surface area contributed by atoms with Crippen LogP contribution in [0, 0.1) is 0 Å². The number of Topliss-reactive ketones (excluding diaryl/α,β-unsaturated/α-hetero) is 1. The number of rotatable bonds is 2. The summed E-state index contributed by atoms with van der Waals surface area (Å²) >= 11 is 6.34. The van der Waals surface area contributed by atoms with Gasteiger partial charge in [-0.3, -0.25) is 14.5 Å². The van der Waals surface area contributed by atoms with Gasteiger partial charge in [0.05, 0.1) is 10.7 Å². The number of hydrogen-bond donors (Lipinski definition) is 0. The number of carbonyl (C=O) groups excluding carboxylic acids is 2. The summed E-state index contributed by atoms with van der Waals surface area (Å²) in [6.07, 6.45) is 2.33. The molecule has 1 unspecified atom stereocenters. The van der Waals surface area contributed by atoms with Crippen molar-refractivity contribution in [3.05, 3.63) is 76.5 Å². The fourth-order valence-corrected chi connectivity index (χ4v) is 4.10. The molecule has 4 heteroatoms. The average Bonchev–Trinajstić information content (AvgIpc) is 2.63. The molecule has 4 rings (SSSR count). The van der Waals surface area contributed by atoms with Gasteiger partial charge >= 0.3 is 0 Å². The quantitative estimate of drug-likeness (QED) is 0.774. The van der Waals surface area contributed by atoms with Crippen molar-refractivity contribution in [3.8, 4) is 0 Å². The van der Waals surface area contributed by atoms with E-state index in [0.717, 1.165) is 29.7 Å². The topological polar surface area (TPSA) is 37.4 Å². The molecular weight excluding hydrogens is 334 g/mol. The molecule has 0 N–H and O–H groups in total. The maximum Gasteiger partial charge on any atom is 0.232 e. The van der Waals surface area contributed by atoms with Crippen molar-refractivity contribution in [2.45, 2.75) is 31.6 Å². The Morgan fingerprint density at radius 2 is 1.64 bits per heavy atom. The average molecular weight is 352 g/mol. The molecule has 1 atom stereocenters. The van der Waals surface area contributed by atoms with Gasteiger partial charge in [0.2, 0.25) is 5.91 Å². The summed E-state index contributed by atoms with van der Waals surface area (Å²) in [7, 11) is 0. The first-order chi connectivity index (χ1) is 12.2. The molecule has 0 saturated carbocycles. The van der Waals surface area contributed by atoms with E-state index in [4.69, 9.17) is 11.6 Å². The Hall–Kier alpha value is -2.39. The number of allylic oxidation sites excluding steroid dienone is 2. The number of nitrogens with zero attached hydrogens (tertiary/aromatic N) is 1. The molecule has 0 spiro atoms. The second kappa shape index (κ2) is 6.49. The highest BCUT2D eigenvalue weighted by atomic mass is 35.5. The van der Waals surface area contributed by atoms with E-state index in [-0.39, 0.29) is 17.6 Å². The van der Waals surface area contributed by atoms with E-state index in [0.29, 0.717) is 23.6 Å². The van der Waals surface area contributed by atoms with Crippen LogP contribution < -0.4 is 4.90 Å². The fourth-order valence-electron chi connectivity index (χ4n) is 3.88. The molecule has 0 bridgehead atoms. The van der Waals surface area contributed by atoms with Crippen molar-refractivity contribution in [1.29, 1.82) is 0 Å². The molecule has 1 heterocycles. The third-order valence-electron chi connectivity index (χ3n) is 4.97. The molecule has 126 valence electrons. The first-order valence-corrected chi connectivity index (χ1v) is 8.93. The fraction of sp³-hybridized carbons (Fsp3) is 0.238. The summed E-state index contributed by atoms with van der Waals surface area (Å²) in [5.74, 6) is -0.00898. The Labute approximate surface area is 151 Å². The predicted molar refractivity (Wildman–Crippen MR) is 98.6 cm³/mol. The van der Waals surface area contributed by atoms with Gasteiger partial charge < -0.3 is 0 Å². The van der Waals surface area contributed by atoms with E-state index in [1.807, 2.05) is 48.5 Å². The molecule has 25 heavy (non-hydrogen) atoms. The van der Waals surface area contributed by atoms with Crippen LogP contribution in [0.4, 0.5) is 5.69 Å². The number of para-hydroxylation sites is 1. The molecule has 2 aliphatic rings. The lowest BCUT2D eigenvalue weighted by atomic mass is 9.77. The second-order valence-electron chi connectivity index (χ2n) is 6.49. The smallest absolute Gasteiger partial charge is 0.232 e. The molecule has 0 aromatic heterocycles. The number of halogens is 1. The summed E-state index contributed by atoms with van der Waals surface area (Å²) in [6.45, 7) is 0. The monoisotopic (exact) mass is 351 g/mol. The Balaban J connectivity index is 1.89. The van der Waals surface area contributed by atoms with Gasteiger partial charge in [-0.1, -0.05) is 54.1 Å². The molecule has 2 aromatic rings. The van der Waals surface area contributed by atoms with Crippen molar-refractivity contribution in [2.75, 3.05) is 4.90 Å². The number of anilines is 1. The number of amides is 1. The summed E-state index contributed by atoms with van der Waals surface area (Å²) in [5, 5.41) is 0.527. The normalized spacial score (nSPS) is 20.7. The van der Waals surface area contributed by atoms with Gasteiger partial charge in [0.15, 0.2) is 5.78 Å². The van der Waals surface area contributed by atoms with Crippen molar-refractivity contribution < 1.29 is 9.59 Å². The molecule has 1 aliphatic carbocycles. The van der Waals surface area contributed by atoms with Crippen LogP contribution in [0.3, 0.4) is 0 Å². The van der Waals surface area contributed by atoms with E-state index >= 15 is 0 Å². The van der Waals surface area contributed by atoms with Crippen LogP contribution in [-0.4, -0.2) is 11.7 Å². The predicted octanol–water partition coefficient (Wildman–Crippen LogP) is 4.87. The summed E-state index contributed by atoms with van der Waals surface area (Å²) in [4.78, 5) is 27.4. The minimum atomic E-state index is -0.157. The first kappa shape index (κ1) is 16.1. The van der Waals surface area contributed by atoms with Gasteiger partial charge in [0, 0.05) is 30.0 Å². The maximum absolute atomic E-state index is 13.0. The van der Waals surface area contributed by atoms with Crippen molar-refractivity contribution >= 4 is 29.0 Å². The highest BCUT2D eigenvalue weighted by Crippen LogP contribution is 2.44. The van der Waals surface area contributed by atoms with Gasteiger partial charge in [-0.25, -0.2) is 0 Å². The molecule has 0 saturated heterocycles. The number of carbonyl (C=O) groups is 2. The number of ketones is 1. The van der Waals surface area contributed by atoms with Gasteiger partial charge in [-0.15, -0.1) is 0 Å². The molecule has 1 amide bonds. The largest absolute Gasteiger partial charge is 0.294 e. The third-order valence-corrected chi connectivity index (χ3v) is 5.29. The first-order valence-electron chi connectivity index (χ1n) is 8.55. The van der Waals surface area contributed by atoms with Crippen molar-refractivity contribution in [2.24, 2.45) is 0 Å². The van der Waals surface area contributed by atoms with E-state index in [9.17, 15) is 9.59 Å². The Bertz CT molecular complexity index is 872. The lowest BCUT2D eigenvalue weighted by Gasteiger charge is -2.38. The molecule has 3 nitrogen and oxygen atoms in total. The van der Waals surface area contributed by atoms with Crippen LogP contribution in [0.1, 0.15) is 37.2 Å². The standard InChI is InChI=1S/C21H18ClNO2/c22-16-9-4-5-10-17(16)23-18-11-6-12-19(24)21(18)15(13-20(23)25)14-7-2-1-3-8-14/h1-5,7-10,15H,6,11-13H2. The van der Waals surface area contributed by atoms with Crippen LogP contribution in [0.2, 0.25) is 5.02 Å².